The van der Waals surface area contributed by atoms with Crippen LogP contribution < -0.4 is 20.8 Å². The van der Waals surface area contributed by atoms with Gasteiger partial charge >= 0.3 is 0 Å². The van der Waals surface area contributed by atoms with Gasteiger partial charge in [0.05, 0.1) is 6.21 Å². The zero-order valence-electron chi connectivity index (χ0n) is 20.3. The Kier molecular flexibility index (Phi) is 7.76. The third kappa shape index (κ3) is 6.88. The number of rotatable bonds is 10. The summed E-state index contributed by atoms with van der Waals surface area (Å²) in [5.41, 5.74) is 5.81. The quantitative estimate of drug-likeness (QED) is 0.147. The molecule has 0 aliphatic carbocycles. The zero-order chi connectivity index (χ0) is 26.0. The number of nitrogens with one attached hydrogen (secondary N) is 3. The molecule has 0 atom stereocenters. The third-order valence-corrected chi connectivity index (χ3v) is 5.28. The van der Waals surface area contributed by atoms with Crippen LogP contribution in [-0.2, 0) is 6.61 Å². The van der Waals surface area contributed by atoms with Gasteiger partial charge in [0.1, 0.15) is 18.2 Å². The molecular weight excluding hydrogens is 481 g/mol. The van der Waals surface area contributed by atoms with Crippen LogP contribution in [0.15, 0.2) is 114 Å². The number of halogens is 1. The van der Waals surface area contributed by atoms with Gasteiger partial charge in [0.2, 0.25) is 17.8 Å². The van der Waals surface area contributed by atoms with Gasteiger partial charge in [0, 0.05) is 16.9 Å². The first kappa shape index (κ1) is 24.4. The normalized spacial score (nSPS) is 10.8. The van der Waals surface area contributed by atoms with Crippen molar-refractivity contribution >= 4 is 35.4 Å². The molecule has 4 aromatic carbocycles. The smallest absolute Gasteiger partial charge is 0.250 e. The highest BCUT2D eigenvalue weighted by molar-refractivity contribution is 5.80. The third-order valence-electron chi connectivity index (χ3n) is 5.28. The molecule has 0 aliphatic heterocycles. The number of para-hydroxylation sites is 2. The fourth-order valence-electron chi connectivity index (χ4n) is 3.46. The minimum atomic E-state index is -0.297. The highest BCUT2D eigenvalue weighted by Gasteiger charge is 2.08. The molecule has 0 saturated carbocycles. The fourth-order valence-corrected chi connectivity index (χ4v) is 3.46. The average Bonchev–Trinajstić information content (AvgIpc) is 2.94. The van der Waals surface area contributed by atoms with Gasteiger partial charge < -0.3 is 15.4 Å². The molecule has 0 saturated heterocycles. The minimum Gasteiger partial charge on any atom is -0.489 e. The van der Waals surface area contributed by atoms with E-state index in [9.17, 15) is 4.39 Å². The van der Waals surface area contributed by atoms with E-state index in [1.54, 1.807) is 30.5 Å². The van der Waals surface area contributed by atoms with Crippen molar-refractivity contribution < 1.29 is 9.13 Å². The van der Waals surface area contributed by atoms with Crippen molar-refractivity contribution in [1.29, 1.82) is 0 Å². The summed E-state index contributed by atoms with van der Waals surface area (Å²) in [5, 5.41) is 10.6. The van der Waals surface area contributed by atoms with E-state index < -0.39 is 0 Å². The van der Waals surface area contributed by atoms with Gasteiger partial charge in [0.15, 0.2) is 0 Å². The Morgan fingerprint density at radius 3 is 1.95 bits per heavy atom. The van der Waals surface area contributed by atoms with Crippen LogP contribution in [0, 0.1) is 5.82 Å². The average molecular weight is 506 g/mol. The fraction of sp³-hybridized carbons (Fsp3) is 0.0345. The van der Waals surface area contributed by atoms with E-state index in [4.69, 9.17) is 4.74 Å². The highest BCUT2D eigenvalue weighted by atomic mass is 19.1. The Balaban J connectivity index is 1.29. The Labute approximate surface area is 219 Å². The van der Waals surface area contributed by atoms with Gasteiger partial charge in [-0.05, 0) is 48.0 Å². The molecule has 3 N–H and O–H groups in total. The van der Waals surface area contributed by atoms with Gasteiger partial charge in [-0.25, -0.2) is 9.82 Å². The van der Waals surface area contributed by atoms with Gasteiger partial charge in [-0.3, -0.25) is 0 Å². The molecule has 1 aromatic heterocycles. The lowest BCUT2D eigenvalue weighted by Crippen LogP contribution is -2.07. The topological polar surface area (TPSA) is 96.4 Å². The van der Waals surface area contributed by atoms with Crippen molar-refractivity contribution in [2.24, 2.45) is 5.10 Å². The second-order valence-electron chi connectivity index (χ2n) is 8.11. The van der Waals surface area contributed by atoms with Gasteiger partial charge in [-0.1, -0.05) is 66.7 Å². The molecule has 5 aromatic rings. The van der Waals surface area contributed by atoms with E-state index >= 15 is 0 Å². The lowest BCUT2D eigenvalue weighted by Gasteiger charge is -2.10. The monoisotopic (exact) mass is 505 g/mol. The van der Waals surface area contributed by atoms with Crippen molar-refractivity contribution in [3.8, 4) is 5.75 Å². The number of benzene rings is 4. The number of hydrazone groups is 1. The number of anilines is 5. The summed E-state index contributed by atoms with van der Waals surface area (Å²) >= 11 is 0. The molecule has 5 rings (SSSR count). The van der Waals surface area contributed by atoms with Crippen molar-refractivity contribution in [2.45, 2.75) is 6.61 Å². The maximum absolute atomic E-state index is 13.9. The molecule has 9 heteroatoms. The van der Waals surface area contributed by atoms with Gasteiger partial charge in [0.25, 0.3) is 0 Å². The summed E-state index contributed by atoms with van der Waals surface area (Å²) in [6, 6.07) is 33.1. The Morgan fingerprint density at radius 2 is 1.29 bits per heavy atom. The molecular formula is C29H24FN7O. The van der Waals surface area contributed by atoms with Crippen LogP contribution in [-0.4, -0.2) is 21.2 Å². The molecule has 38 heavy (non-hydrogen) atoms. The van der Waals surface area contributed by atoms with E-state index in [1.165, 1.54) is 6.07 Å². The van der Waals surface area contributed by atoms with Crippen molar-refractivity contribution in [1.82, 2.24) is 15.0 Å². The number of hydrogen-bond acceptors (Lipinski definition) is 8. The van der Waals surface area contributed by atoms with E-state index in [1.807, 2.05) is 78.9 Å². The molecule has 0 bridgehead atoms. The Bertz CT molecular complexity index is 1450. The summed E-state index contributed by atoms with van der Waals surface area (Å²) in [4.78, 5) is 13.3. The summed E-state index contributed by atoms with van der Waals surface area (Å²) in [6.45, 7) is 0.130. The highest BCUT2D eigenvalue weighted by Crippen LogP contribution is 2.19. The maximum atomic E-state index is 13.9. The number of hydrogen-bond donors (Lipinski definition) is 3. The van der Waals surface area contributed by atoms with E-state index in [0.717, 1.165) is 16.9 Å². The SMILES string of the molecule is Fc1ccccc1COc1cccc(/C=N\Nc2nc(Nc3ccccc3)nc(Nc3ccccc3)n2)c1. The molecule has 1 heterocycles. The molecule has 0 fully saturated rings. The van der Waals surface area contributed by atoms with Crippen LogP contribution in [0.5, 0.6) is 5.75 Å². The van der Waals surface area contributed by atoms with E-state index in [0.29, 0.717) is 23.2 Å². The predicted octanol–water partition coefficient (Wildman–Crippen LogP) is 6.52. The predicted molar refractivity (Wildman–Crippen MR) is 148 cm³/mol. The van der Waals surface area contributed by atoms with Crippen LogP contribution in [0.25, 0.3) is 0 Å². The van der Waals surface area contributed by atoms with E-state index in [2.05, 4.69) is 36.1 Å². The first-order valence-corrected chi connectivity index (χ1v) is 11.9. The van der Waals surface area contributed by atoms with Crippen molar-refractivity contribution in [3.05, 3.63) is 126 Å². The van der Waals surface area contributed by atoms with Crippen LogP contribution in [0.2, 0.25) is 0 Å². The second kappa shape index (κ2) is 12.1. The number of aromatic nitrogens is 3. The molecule has 0 aliphatic rings. The summed E-state index contributed by atoms with van der Waals surface area (Å²) in [6.07, 6.45) is 1.62. The first-order chi connectivity index (χ1) is 18.7. The van der Waals surface area contributed by atoms with Crippen LogP contribution in [0.4, 0.5) is 33.6 Å². The summed E-state index contributed by atoms with van der Waals surface area (Å²) in [7, 11) is 0. The first-order valence-electron chi connectivity index (χ1n) is 11.9. The number of ether oxygens (including phenoxy) is 1. The molecule has 0 spiro atoms. The summed E-state index contributed by atoms with van der Waals surface area (Å²) in [5.74, 6) is 1.26. The molecule has 8 nitrogen and oxygen atoms in total. The lowest BCUT2D eigenvalue weighted by molar-refractivity contribution is 0.300. The van der Waals surface area contributed by atoms with E-state index in [-0.39, 0.29) is 18.4 Å². The van der Waals surface area contributed by atoms with Crippen LogP contribution in [0.3, 0.4) is 0 Å². The molecule has 188 valence electrons. The zero-order valence-corrected chi connectivity index (χ0v) is 20.3. The lowest BCUT2D eigenvalue weighted by atomic mass is 10.2. The molecule has 0 radical (unpaired) electrons. The van der Waals surface area contributed by atoms with Crippen molar-refractivity contribution in [2.75, 3.05) is 16.1 Å². The number of nitrogens with zero attached hydrogens (tertiary/aromatic N) is 4. The minimum absolute atomic E-state index is 0.130. The van der Waals surface area contributed by atoms with Crippen molar-refractivity contribution in [3.63, 3.8) is 0 Å². The Hall–Kier alpha value is -5.31. The van der Waals surface area contributed by atoms with Gasteiger partial charge in [-0.2, -0.15) is 20.1 Å². The standard InChI is InChI=1S/C29H24FN7O/c30-26-17-8-7-11-22(26)20-38-25-16-9-10-21(18-25)19-31-37-29-35-27(32-23-12-3-1-4-13-23)34-28(36-29)33-24-14-5-2-6-15-24/h1-19H,20H2,(H3,32,33,34,35,36,37)/b31-19-. The van der Waals surface area contributed by atoms with Crippen LogP contribution >= 0.6 is 0 Å². The molecule has 0 amide bonds. The molecule has 0 unspecified atom stereocenters. The Morgan fingerprint density at radius 1 is 0.684 bits per heavy atom. The largest absolute Gasteiger partial charge is 0.489 e. The summed E-state index contributed by atoms with van der Waals surface area (Å²) < 4.78 is 19.6. The second-order valence-corrected chi connectivity index (χ2v) is 8.11. The maximum Gasteiger partial charge on any atom is 0.250 e. The van der Waals surface area contributed by atoms with Crippen LogP contribution in [0.1, 0.15) is 11.1 Å². The van der Waals surface area contributed by atoms with Gasteiger partial charge in [-0.15, -0.1) is 0 Å².